The van der Waals surface area contributed by atoms with E-state index in [4.69, 9.17) is 11.6 Å². The summed E-state index contributed by atoms with van der Waals surface area (Å²) >= 11 is 6.13. The number of aryl methyl sites for hydroxylation is 2. The average Bonchev–Trinajstić information content (AvgIpc) is 3.70. The van der Waals surface area contributed by atoms with Crippen molar-refractivity contribution in [1.82, 2.24) is 15.6 Å². The summed E-state index contributed by atoms with van der Waals surface area (Å²) in [7, 11) is 0. The van der Waals surface area contributed by atoms with Gasteiger partial charge in [0.05, 0.1) is 17.3 Å². The number of rotatable bonds is 6. The lowest BCUT2D eigenvalue weighted by Crippen LogP contribution is -2.37. The molecule has 36 heavy (non-hydrogen) atoms. The fraction of sp³-hybridized carbons (Fsp3) is 0.214. The summed E-state index contributed by atoms with van der Waals surface area (Å²) in [6.07, 6.45) is 3.47. The van der Waals surface area contributed by atoms with Crippen molar-refractivity contribution in [3.8, 4) is 11.8 Å². The van der Waals surface area contributed by atoms with Crippen LogP contribution in [0, 0.1) is 31.6 Å². The number of carbonyl (C=O) groups is 3. The molecule has 2 aromatic carbocycles. The third kappa shape index (κ3) is 6.29. The van der Waals surface area contributed by atoms with E-state index in [2.05, 4.69) is 32.8 Å². The third-order valence-electron chi connectivity index (χ3n) is 5.75. The number of nitrogens with zero attached hydrogens (tertiary/aromatic N) is 1. The van der Waals surface area contributed by atoms with E-state index in [9.17, 15) is 14.4 Å². The van der Waals surface area contributed by atoms with Crippen molar-refractivity contribution < 1.29 is 14.4 Å². The summed E-state index contributed by atoms with van der Waals surface area (Å²) in [5.41, 5.74) is 3.86. The van der Waals surface area contributed by atoms with Crippen molar-refractivity contribution in [2.24, 2.45) is 5.92 Å². The smallest absolute Gasteiger partial charge is 0.254 e. The van der Waals surface area contributed by atoms with Gasteiger partial charge in [-0.3, -0.25) is 14.4 Å². The largest absolute Gasteiger partial charge is 0.335 e. The topological polar surface area (TPSA) is 100 Å². The highest BCUT2D eigenvalue weighted by molar-refractivity contribution is 6.34. The minimum Gasteiger partial charge on any atom is -0.335 e. The van der Waals surface area contributed by atoms with E-state index in [1.54, 1.807) is 55.6 Å². The molecule has 0 radical (unpaired) electrons. The maximum Gasteiger partial charge on any atom is 0.254 e. The van der Waals surface area contributed by atoms with Gasteiger partial charge in [0.2, 0.25) is 5.91 Å². The molecule has 8 heteroatoms. The van der Waals surface area contributed by atoms with Crippen LogP contribution in [0.1, 0.15) is 55.8 Å². The Morgan fingerprint density at radius 2 is 1.75 bits per heavy atom. The first-order chi connectivity index (χ1) is 17.3. The molecule has 4 rings (SSSR count). The highest BCUT2D eigenvalue weighted by atomic mass is 35.5. The van der Waals surface area contributed by atoms with Crippen LogP contribution in [0.15, 0.2) is 54.7 Å². The molecule has 0 aliphatic heterocycles. The average molecular weight is 501 g/mol. The Morgan fingerprint density at radius 1 is 0.972 bits per heavy atom. The number of halogens is 1. The molecule has 1 heterocycles. The van der Waals surface area contributed by atoms with Crippen molar-refractivity contribution in [2.45, 2.75) is 26.7 Å². The zero-order valence-electron chi connectivity index (χ0n) is 19.9. The van der Waals surface area contributed by atoms with Gasteiger partial charge in [-0.2, -0.15) is 0 Å². The monoisotopic (exact) mass is 500 g/mol. The van der Waals surface area contributed by atoms with Gasteiger partial charge in [0.1, 0.15) is 5.82 Å². The number of pyridine rings is 1. The predicted octanol–water partition coefficient (Wildman–Crippen LogP) is 4.22. The molecule has 0 unspecified atom stereocenters. The van der Waals surface area contributed by atoms with Crippen LogP contribution in [0.3, 0.4) is 0 Å². The Bertz CT molecular complexity index is 1370. The Labute approximate surface area is 214 Å². The molecule has 3 N–H and O–H groups in total. The van der Waals surface area contributed by atoms with Crippen LogP contribution in [0.4, 0.5) is 5.82 Å². The number of carbonyl (C=O) groups excluding carboxylic acids is 3. The highest BCUT2D eigenvalue weighted by Crippen LogP contribution is 2.29. The molecule has 182 valence electrons. The number of amides is 3. The fourth-order valence-corrected chi connectivity index (χ4v) is 3.78. The lowest BCUT2D eigenvalue weighted by Gasteiger charge is -2.11. The molecular formula is C28H25ClN4O3. The van der Waals surface area contributed by atoms with Crippen molar-refractivity contribution in [1.29, 1.82) is 0 Å². The molecule has 1 aliphatic carbocycles. The highest BCUT2D eigenvalue weighted by Gasteiger charge is 2.29. The van der Waals surface area contributed by atoms with Crippen LogP contribution in [0.2, 0.25) is 5.02 Å². The number of anilines is 1. The summed E-state index contributed by atoms with van der Waals surface area (Å²) in [5, 5.41) is 8.50. The molecule has 3 aromatic rings. The van der Waals surface area contributed by atoms with E-state index in [1.165, 1.54) is 0 Å². The molecule has 0 saturated heterocycles. The summed E-state index contributed by atoms with van der Waals surface area (Å²) in [5.74, 6) is 6.04. The molecule has 0 spiro atoms. The normalized spacial score (nSPS) is 12.2. The van der Waals surface area contributed by atoms with Crippen LogP contribution in [0.25, 0.3) is 0 Å². The van der Waals surface area contributed by atoms with Crippen molar-refractivity contribution in [3.63, 3.8) is 0 Å². The van der Waals surface area contributed by atoms with Gasteiger partial charge in [-0.25, -0.2) is 4.98 Å². The molecule has 1 saturated carbocycles. The summed E-state index contributed by atoms with van der Waals surface area (Å²) < 4.78 is 0. The first-order valence-electron chi connectivity index (χ1n) is 11.5. The number of aromatic nitrogens is 1. The molecule has 1 aliphatic rings. The van der Waals surface area contributed by atoms with Gasteiger partial charge in [0, 0.05) is 28.8 Å². The lowest BCUT2D eigenvalue weighted by atomic mass is 10.0. The predicted molar refractivity (Wildman–Crippen MR) is 139 cm³/mol. The number of hydrogen-bond donors (Lipinski definition) is 3. The standard InChI is InChI=1S/C28H25ClN4O3/c1-17-6-9-22(26(34)31-16-32-28(36)25-18(2)4-3-5-23(25)29)14-21(17)10-7-19-8-13-24(30-15-19)33-27(35)20-11-12-20/h3-6,8-9,13-15,20H,11-12,16H2,1-2H3,(H,31,34)(H,32,36)(H,30,33,35). The van der Waals surface area contributed by atoms with Gasteiger partial charge in [-0.1, -0.05) is 41.6 Å². The minimum absolute atomic E-state index is 0.00518. The lowest BCUT2D eigenvalue weighted by molar-refractivity contribution is -0.117. The maximum absolute atomic E-state index is 12.6. The molecular weight excluding hydrogens is 476 g/mol. The third-order valence-corrected chi connectivity index (χ3v) is 6.07. The first-order valence-corrected chi connectivity index (χ1v) is 11.9. The molecule has 0 atom stereocenters. The SMILES string of the molecule is Cc1ccc(C(=O)NCNC(=O)c2c(C)cccc2Cl)cc1C#Cc1ccc(NC(=O)C2CC2)nc1. The van der Waals surface area contributed by atoms with Crippen molar-refractivity contribution in [3.05, 3.63) is 93.1 Å². The second-order valence-corrected chi connectivity index (χ2v) is 9.00. The summed E-state index contributed by atoms with van der Waals surface area (Å²) in [6, 6.07) is 14.0. The number of benzene rings is 2. The second-order valence-electron chi connectivity index (χ2n) is 8.60. The van der Waals surface area contributed by atoms with Crippen LogP contribution < -0.4 is 16.0 Å². The molecule has 7 nitrogen and oxygen atoms in total. The van der Waals surface area contributed by atoms with E-state index >= 15 is 0 Å². The minimum atomic E-state index is -0.361. The first kappa shape index (κ1) is 25.0. The molecule has 1 aromatic heterocycles. The van der Waals surface area contributed by atoms with E-state index in [0.717, 1.165) is 24.0 Å². The summed E-state index contributed by atoms with van der Waals surface area (Å²) in [4.78, 5) is 41.2. The van der Waals surface area contributed by atoms with E-state index in [1.807, 2.05) is 13.0 Å². The van der Waals surface area contributed by atoms with Crippen molar-refractivity contribution in [2.75, 3.05) is 12.0 Å². The summed E-state index contributed by atoms with van der Waals surface area (Å²) in [6.45, 7) is 3.66. The van der Waals surface area contributed by atoms with Crippen LogP contribution in [0.5, 0.6) is 0 Å². The zero-order chi connectivity index (χ0) is 25.7. The van der Waals surface area contributed by atoms with E-state index in [-0.39, 0.29) is 30.3 Å². The second kappa shape index (κ2) is 11.1. The van der Waals surface area contributed by atoms with Crippen LogP contribution in [-0.2, 0) is 4.79 Å². The maximum atomic E-state index is 12.6. The van der Waals surface area contributed by atoms with Gasteiger partial charge in [-0.05, 0) is 68.1 Å². The number of hydrogen-bond acceptors (Lipinski definition) is 4. The Hall–Kier alpha value is -4.15. The Morgan fingerprint density at radius 3 is 2.44 bits per heavy atom. The molecule has 3 amide bonds. The van der Waals surface area contributed by atoms with Gasteiger partial charge < -0.3 is 16.0 Å². The Kier molecular flexibility index (Phi) is 7.67. The Balaban J connectivity index is 1.36. The zero-order valence-corrected chi connectivity index (χ0v) is 20.7. The van der Waals surface area contributed by atoms with Crippen LogP contribution in [-0.4, -0.2) is 29.4 Å². The quantitative estimate of drug-likeness (QED) is 0.348. The van der Waals surface area contributed by atoms with E-state index in [0.29, 0.717) is 33.1 Å². The number of nitrogens with one attached hydrogen (secondary N) is 3. The molecule has 0 bridgehead atoms. The van der Waals surface area contributed by atoms with E-state index < -0.39 is 0 Å². The molecule has 1 fully saturated rings. The van der Waals surface area contributed by atoms with Gasteiger partial charge in [0.25, 0.3) is 11.8 Å². The van der Waals surface area contributed by atoms with Gasteiger partial charge in [-0.15, -0.1) is 0 Å². The van der Waals surface area contributed by atoms with Gasteiger partial charge in [0.15, 0.2) is 0 Å². The van der Waals surface area contributed by atoms with Gasteiger partial charge >= 0.3 is 0 Å². The van der Waals surface area contributed by atoms with Crippen LogP contribution >= 0.6 is 11.6 Å². The van der Waals surface area contributed by atoms with Crippen molar-refractivity contribution >= 4 is 35.1 Å². The fourth-order valence-electron chi connectivity index (χ4n) is 3.47.